The summed E-state index contributed by atoms with van der Waals surface area (Å²) in [6, 6.07) is 21.9. The molecule has 0 saturated carbocycles. The van der Waals surface area contributed by atoms with Crippen LogP contribution >= 0.6 is 8.58 Å². The minimum Gasteiger partial charge on any atom is -0.467 e. The first-order valence-corrected chi connectivity index (χ1v) is 14.8. The molecule has 38 heavy (non-hydrogen) atoms. The van der Waals surface area contributed by atoms with Crippen molar-refractivity contribution in [3.63, 3.8) is 0 Å². The smallest absolute Gasteiger partial charge is 0.188 e. The Labute approximate surface area is 232 Å². The molecule has 0 aliphatic heterocycles. The number of methoxy groups -OCH3 is 1. The normalized spacial score (nSPS) is 14.2. The summed E-state index contributed by atoms with van der Waals surface area (Å²) in [5.74, 6) is 0.977. The Morgan fingerprint density at radius 1 is 0.921 bits per heavy atom. The van der Waals surface area contributed by atoms with E-state index in [0.29, 0.717) is 8.58 Å². The number of ether oxygens (including phenoxy) is 2. The predicted octanol–water partition coefficient (Wildman–Crippen LogP) is 8.46. The molecular weight excluding hydrogens is 485 g/mol. The van der Waals surface area contributed by atoms with Gasteiger partial charge in [-0.05, 0) is 54.1 Å². The summed E-state index contributed by atoms with van der Waals surface area (Å²) in [6.45, 7) is 16.2. The first kappa shape index (κ1) is 30.1. The Bertz CT molecular complexity index is 1240. The summed E-state index contributed by atoms with van der Waals surface area (Å²) in [5.41, 5.74) is 8.62. The maximum atomic E-state index is 6.33. The van der Waals surface area contributed by atoms with Gasteiger partial charge < -0.3 is 9.47 Å². The van der Waals surface area contributed by atoms with E-state index in [1.54, 1.807) is 7.11 Å². The van der Waals surface area contributed by atoms with Crippen LogP contribution in [0.2, 0.25) is 0 Å². The number of hydrogen-bond acceptors (Lipinski definition) is 3. The minimum absolute atomic E-state index is 0.0390. The van der Waals surface area contributed by atoms with Crippen molar-refractivity contribution < 1.29 is 9.47 Å². The quantitative estimate of drug-likeness (QED) is 0.141. The second-order valence-corrected chi connectivity index (χ2v) is 12.9. The predicted molar refractivity (Wildman–Crippen MR) is 166 cm³/mol. The molecule has 4 heteroatoms. The van der Waals surface area contributed by atoms with Gasteiger partial charge in [0.15, 0.2) is 6.79 Å². The third-order valence-corrected chi connectivity index (χ3v) is 9.69. The van der Waals surface area contributed by atoms with E-state index in [4.69, 9.17) is 14.5 Å². The number of hydrogen-bond donors (Lipinski definition) is 0. The van der Waals surface area contributed by atoms with Gasteiger partial charge in [-0.15, -0.1) is 0 Å². The fourth-order valence-corrected chi connectivity index (χ4v) is 7.26. The summed E-state index contributed by atoms with van der Waals surface area (Å²) in [6.07, 6.45) is 3.20. The van der Waals surface area contributed by atoms with Gasteiger partial charge in [0.2, 0.25) is 0 Å². The Morgan fingerprint density at radius 3 is 2.21 bits per heavy atom. The van der Waals surface area contributed by atoms with Crippen molar-refractivity contribution in [2.75, 3.05) is 21.0 Å². The number of aryl methyl sites for hydroxylation is 2. The Kier molecular flexibility index (Phi) is 10.3. The molecule has 2 atom stereocenters. The monoisotopic (exact) mass is 531 g/mol. The van der Waals surface area contributed by atoms with E-state index in [1.807, 2.05) is 7.05 Å². The van der Waals surface area contributed by atoms with Crippen molar-refractivity contribution in [2.24, 2.45) is 4.99 Å². The van der Waals surface area contributed by atoms with E-state index in [2.05, 4.69) is 109 Å². The summed E-state index contributed by atoms with van der Waals surface area (Å²) >= 11 is 0. The minimum atomic E-state index is -0.0692. The van der Waals surface area contributed by atoms with E-state index in [-0.39, 0.29) is 17.4 Å². The SMILES string of the molecule is CCCC(CC)(Pc1c(C)cccc1/C(=N/C)c1ccccc1)c1cc(C(C)(C)C)cc(C)c1OCOC. The summed E-state index contributed by atoms with van der Waals surface area (Å²) in [7, 11) is 4.16. The molecule has 3 aromatic carbocycles. The number of aliphatic imine (C=N–C) groups is 1. The van der Waals surface area contributed by atoms with Crippen LogP contribution in [-0.4, -0.2) is 26.7 Å². The van der Waals surface area contributed by atoms with Crippen molar-refractivity contribution in [1.29, 1.82) is 0 Å². The number of nitrogens with zero attached hydrogens (tertiary/aromatic N) is 1. The van der Waals surface area contributed by atoms with E-state index < -0.39 is 0 Å². The zero-order chi connectivity index (χ0) is 27.9. The second kappa shape index (κ2) is 13.0. The van der Waals surface area contributed by atoms with Gasteiger partial charge in [0.25, 0.3) is 0 Å². The molecule has 0 fully saturated rings. The lowest BCUT2D eigenvalue weighted by atomic mass is 9.81. The summed E-state index contributed by atoms with van der Waals surface area (Å²) in [4.78, 5) is 4.80. The van der Waals surface area contributed by atoms with Crippen molar-refractivity contribution in [1.82, 2.24) is 0 Å². The average molecular weight is 532 g/mol. The second-order valence-electron chi connectivity index (χ2n) is 11.2. The van der Waals surface area contributed by atoms with Crippen LogP contribution in [0, 0.1) is 13.8 Å². The molecule has 204 valence electrons. The lowest BCUT2D eigenvalue weighted by Gasteiger charge is -2.38. The van der Waals surface area contributed by atoms with Crippen LogP contribution in [0.15, 0.2) is 65.7 Å². The highest BCUT2D eigenvalue weighted by Gasteiger charge is 2.36. The van der Waals surface area contributed by atoms with Gasteiger partial charge in [0, 0.05) is 36.0 Å². The van der Waals surface area contributed by atoms with E-state index in [9.17, 15) is 0 Å². The lowest BCUT2D eigenvalue weighted by molar-refractivity contribution is 0.0493. The molecule has 0 amide bonds. The molecule has 3 rings (SSSR count). The number of benzene rings is 3. The third-order valence-electron chi connectivity index (χ3n) is 7.42. The van der Waals surface area contributed by atoms with Crippen LogP contribution in [0.5, 0.6) is 5.75 Å². The molecule has 0 radical (unpaired) electrons. The zero-order valence-electron chi connectivity index (χ0n) is 24.9. The van der Waals surface area contributed by atoms with Crippen LogP contribution in [0.1, 0.15) is 87.3 Å². The maximum Gasteiger partial charge on any atom is 0.188 e. The van der Waals surface area contributed by atoms with Crippen LogP contribution in [-0.2, 0) is 15.3 Å². The van der Waals surface area contributed by atoms with Gasteiger partial charge >= 0.3 is 0 Å². The largest absolute Gasteiger partial charge is 0.467 e. The molecule has 0 bridgehead atoms. The molecular formula is C34H46NO2P. The number of rotatable bonds is 11. The average Bonchev–Trinajstić information content (AvgIpc) is 2.89. The lowest BCUT2D eigenvalue weighted by Crippen LogP contribution is -2.28. The Hall–Kier alpha value is -2.48. The van der Waals surface area contributed by atoms with Crippen molar-refractivity contribution in [2.45, 2.75) is 78.3 Å². The van der Waals surface area contributed by atoms with Crippen LogP contribution in [0.4, 0.5) is 0 Å². The Morgan fingerprint density at radius 2 is 1.63 bits per heavy atom. The molecule has 3 nitrogen and oxygen atoms in total. The molecule has 0 N–H and O–H groups in total. The molecule has 0 saturated heterocycles. The molecule has 0 aliphatic rings. The van der Waals surface area contributed by atoms with Crippen LogP contribution in [0.25, 0.3) is 0 Å². The van der Waals surface area contributed by atoms with E-state index in [0.717, 1.165) is 36.3 Å². The highest BCUT2D eigenvalue weighted by molar-refractivity contribution is 7.49. The van der Waals surface area contributed by atoms with Crippen LogP contribution in [0.3, 0.4) is 0 Å². The topological polar surface area (TPSA) is 30.8 Å². The molecule has 0 aliphatic carbocycles. The Balaban J connectivity index is 2.29. The fraction of sp³-hybridized carbons (Fsp3) is 0.441. The molecule has 0 heterocycles. The van der Waals surface area contributed by atoms with Gasteiger partial charge in [0.05, 0.1) is 5.71 Å². The maximum absolute atomic E-state index is 6.33. The molecule has 2 unspecified atom stereocenters. The van der Waals surface area contributed by atoms with Crippen molar-refractivity contribution >= 4 is 19.6 Å². The van der Waals surface area contributed by atoms with Gasteiger partial charge in [-0.2, -0.15) is 0 Å². The van der Waals surface area contributed by atoms with Crippen molar-refractivity contribution in [3.05, 3.63) is 94.0 Å². The van der Waals surface area contributed by atoms with E-state index >= 15 is 0 Å². The van der Waals surface area contributed by atoms with Gasteiger partial charge in [-0.1, -0.05) is 110 Å². The van der Waals surface area contributed by atoms with E-state index in [1.165, 1.54) is 33.1 Å². The third kappa shape index (κ3) is 6.56. The fourth-order valence-electron chi connectivity index (χ4n) is 5.29. The first-order valence-electron chi connectivity index (χ1n) is 13.8. The molecule has 0 spiro atoms. The highest BCUT2D eigenvalue weighted by Crippen LogP contribution is 2.53. The zero-order valence-corrected chi connectivity index (χ0v) is 25.9. The standard InChI is InChI=1S/C34H46NO2P/c1-10-20-34(11-2,29-22-27(33(5,6)7)21-25(4)31(29)37-23-36-9)38-32-24(3)16-15-19-28(32)30(35-8)26-17-13-12-14-18-26/h12-19,21-22,38H,10-11,20,23H2,1-9H3/b35-30+. The van der Waals surface area contributed by atoms with Gasteiger partial charge in [-0.3, -0.25) is 4.99 Å². The highest BCUT2D eigenvalue weighted by atomic mass is 31.1. The molecule has 3 aromatic rings. The van der Waals surface area contributed by atoms with Gasteiger partial charge in [0.1, 0.15) is 5.75 Å². The summed E-state index contributed by atoms with van der Waals surface area (Å²) in [5, 5.41) is 1.32. The summed E-state index contributed by atoms with van der Waals surface area (Å²) < 4.78 is 11.7. The van der Waals surface area contributed by atoms with Crippen molar-refractivity contribution in [3.8, 4) is 5.75 Å². The molecule has 0 aromatic heterocycles. The van der Waals surface area contributed by atoms with Gasteiger partial charge in [-0.25, -0.2) is 0 Å². The van der Waals surface area contributed by atoms with Crippen LogP contribution < -0.4 is 10.0 Å². The first-order chi connectivity index (χ1) is 18.1.